The van der Waals surface area contributed by atoms with Gasteiger partial charge in [0, 0.05) is 19.0 Å². The number of hydrogen-bond acceptors (Lipinski definition) is 8. The third kappa shape index (κ3) is 3.64. The highest BCUT2D eigenvalue weighted by atomic mass is 32.3. The fourth-order valence-corrected chi connectivity index (χ4v) is 4.39. The zero-order valence-electron chi connectivity index (χ0n) is 13.9. The number of nitrogens with one attached hydrogen (secondary N) is 1. The van der Waals surface area contributed by atoms with Crippen LogP contribution in [0.3, 0.4) is 0 Å². The Hall–Kier alpha value is -1.12. The second-order valence-corrected chi connectivity index (χ2v) is 8.13. The Labute approximate surface area is 156 Å². The lowest BCUT2D eigenvalue weighted by Gasteiger charge is -2.40. The molecule has 0 aliphatic carbocycles. The minimum Gasteiger partial charge on any atom is -0.365 e. The number of primary amides is 1. The van der Waals surface area contributed by atoms with Crippen molar-refractivity contribution >= 4 is 35.0 Å². The third-order valence-electron chi connectivity index (χ3n) is 5.05. The summed E-state index contributed by atoms with van der Waals surface area (Å²) in [7, 11) is -4.87. The zero-order valence-corrected chi connectivity index (χ0v) is 15.6. The third-order valence-corrected chi connectivity index (χ3v) is 5.92. The van der Waals surface area contributed by atoms with Crippen molar-refractivity contribution in [1.82, 2.24) is 15.3 Å². The van der Waals surface area contributed by atoms with Crippen LogP contribution in [-0.2, 0) is 24.2 Å². The molecule has 0 aromatic carbocycles. The summed E-state index contributed by atoms with van der Waals surface area (Å²) < 4.78 is 41.0. The molecule has 3 fully saturated rings. The molecule has 13 heteroatoms. The SMILES string of the molecule is NC(=O)C1(OC[C@@H]2C[C@@H](CS)CN2)CCC2CN1C(=O)N2OS(=O)(=O)O. The van der Waals surface area contributed by atoms with Gasteiger partial charge in [-0.1, -0.05) is 0 Å². The van der Waals surface area contributed by atoms with Gasteiger partial charge in [0.2, 0.25) is 5.72 Å². The molecule has 0 aromatic heterocycles. The van der Waals surface area contributed by atoms with Crippen LogP contribution < -0.4 is 11.1 Å². The van der Waals surface area contributed by atoms with Crippen molar-refractivity contribution < 1.29 is 31.6 Å². The summed E-state index contributed by atoms with van der Waals surface area (Å²) >= 11 is 4.27. The van der Waals surface area contributed by atoms with Gasteiger partial charge in [-0.15, -0.1) is 4.28 Å². The maximum Gasteiger partial charge on any atom is 0.418 e. The van der Waals surface area contributed by atoms with Gasteiger partial charge in [-0.2, -0.15) is 26.1 Å². The van der Waals surface area contributed by atoms with Crippen LogP contribution in [0.1, 0.15) is 19.3 Å². The first-order valence-corrected chi connectivity index (χ1v) is 10.2. The molecule has 2 unspecified atom stereocenters. The first-order chi connectivity index (χ1) is 12.2. The Morgan fingerprint density at radius 2 is 2.23 bits per heavy atom. The Kier molecular flexibility index (Phi) is 5.38. The first-order valence-electron chi connectivity index (χ1n) is 8.22. The van der Waals surface area contributed by atoms with E-state index in [9.17, 15) is 18.0 Å². The molecular weight excluding hydrogens is 388 g/mol. The van der Waals surface area contributed by atoms with Crippen LogP contribution >= 0.6 is 12.6 Å². The standard InChI is InChI=1S/C13H22N4O7S2/c14-11(18)13(23-6-9-3-8(7-25)4-15-9)2-1-10-5-16(13)12(19)17(10)24-26(20,21)22/h8-10,15,25H,1-7H2,(H2,14,18)(H,20,21,22)/t8-,9+,10?,13?/m1/s1. The van der Waals surface area contributed by atoms with Crippen molar-refractivity contribution in [2.24, 2.45) is 11.7 Å². The maximum absolute atomic E-state index is 12.5. The molecule has 0 radical (unpaired) electrons. The number of nitrogens with two attached hydrogens (primary N) is 1. The fraction of sp³-hybridized carbons (Fsp3) is 0.846. The quantitative estimate of drug-likeness (QED) is 0.299. The van der Waals surface area contributed by atoms with Gasteiger partial charge in [0.15, 0.2) is 0 Å². The van der Waals surface area contributed by atoms with E-state index in [1.165, 1.54) is 0 Å². The molecule has 3 aliphatic heterocycles. The van der Waals surface area contributed by atoms with Crippen molar-refractivity contribution in [3.8, 4) is 0 Å². The van der Waals surface area contributed by atoms with Gasteiger partial charge in [0.25, 0.3) is 5.91 Å². The van der Waals surface area contributed by atoms with E-state index < -0.39 is 34.1 Å². The highest BCUT2D eigenvalue weighted by Crippen LogP contribution is 2.38. The molecule has 26 heavy (non-hydrogen) atoms. The lowest BCUT2D eigenvalue weighted by molar-refractivity contribution is -0.175. The molecular formula is C13H22N4O7S2. The number of rotatable bonds is 7. The number of hydrogen-bond donors (Lipinski definition) is 4. The van der Waals surface area contributed by atoms with Crippen molar-refractivity contribution in [3.05, 3.63) is 0 Å². The summed E-state index contributed by atoms with van der Waals surface area (Å²) in [6, 6.07) is -1.51. The number of carbonyl (C=O) groups is 2. The molecule has 0 saturated carbocycles. The minimum absolute atomic E-state index is 0.00368. The summed E-state index contributed by atoms with van der Waals surface area (Å²) in [4.78, 5) is 25.8. The fourth-order valence-electron chi connectivity index (χ4n) is 3.72. The number of nitrogens with zero attached hydrogens (tertiary/aromatic N) is 2. The average molecular weight is 410 g/mol. The predicted molar refractivity (Wildman–Crippen MR) is 91.2 cm³/mol. The number of urea groups is 1. The number of ether oxygens (including phenoxy) is 1. The number of hydroxylamine groups is 2. The van der Waals surface area contributed by atoms with E-state index in [0.717, 1.165) is 23.6 Å². The van der Waals surface area contributed by atoms with E-state index in [4.69, 9.17) is 15.0 Å². The summed E-state index contributed by atoms with van der Waals surface area (Å²) in [6.07, 6.45) is 1.16. The van der Waals surface area contributed by atoms with Gasteiger partial charge in [0.1, 0.15) is 0 Å². The minimum atomic E-state index is -4.87. The van der Waals surface area contributed by atoms with E-state index in [0.29, 0.717) is 11.0 Å². The van der Waals surface area contributed by atoms with Crippen LogP contribution in [0.2, 0.25) is 0 Å². The summed E-state index contributed by atoms with van der Waals surface area (Å²) in [5.41, 5.74) is 3.87. The van der Waals surface area contributed by atoms with Crippen molar-refractivity contribution in [2.75, 3.05) is 25.4 Å². The van der Waals surface area contributed by atoms with Crippen LogP contribution in [0, 0.1) is 5.92 Å². The van der Waals surface area contributed by atoms with Gasteiger partial charge in [-0.3, -0.25) is 14.2 Å². The zero-order chi connectivity index (χ0) is 19.1. The van der Waals surface area contributed by atoms with E-state index >= 15 is 0 Å². The number of fused-ring (bicyclic) bond motifs is 2. The van der Waals surface area contributed by atoms with Crippen LogP contribution in [0.5, 0.6) is 0 Å². The lowest BCUT2D eigenvalue weighted by Crippen LogP contribution is -2.62. The molecule has 3 aliphatic rings. The van der Waals surface area contributed by atoms with E-state index in [2.05, 4.69) is 22.2 Å². The topological polar surface area (TPSA) is 151 Å². The van der Waals surface area contributed by atoms with Gasteiger partial charge in [-0.25, -0.2) is 4.79 Å². The largest absolute Gasteiger partial charge is 0.418 e. The Morgan fingerprint density at radius 1 is 1.50 bits per heavy atom. The molecule has 3 saturated heterocycles. The Balaban J connectivity index is 1.74. The second kappa shape index (κ2) is 7.13. The van der Waals surface area contributed by atoms with E-state index in [1.54, 1.807) is 0 Å². The Bertz CT molecular complexity index is 690. The molecule has 11 nitrogen and oxygen atoms in total. The molecule has 0 spiro atoms. The van der Waals surface area contributed by atoms with E-state index in [-0.39, 0.29) is 32.0 Å². The molecule has 4 N–H and O–H groups in total. The maximum atomic E-state index is 12.5. The molecule has 4 atom stereocenters. The van der Waals surface area contributed by atoms with Crippen LogP contribution in [0.4, 0.5) is 4.79 Å². The molecule has 3 amide bonds. The smallest absolute Gasteiger partial charge is 0.365 e. The molecule has 3 rings (SSSR count). The van der Waals surface area contributed by atoms with Crippen molar-refractivity contribution in [2.45, 2.75) is 37.1 Å². The first kappa shape index (κ1) is 19.6. The average Bonchev–Trinajstić information content (AvgIpc) is 3.12. The number of piperidine rings is 1. The molecule has 3 heterocycles. The summed E-state index contributed by atoms with van der Waals surface area (Å²) in [5, 5.41) is 3.82. The van der Waals surface area contributed by atoms with Gasteiger partial charge < -0.3 is 15.8 Å². The lowest BCUT2D eigenvalue weighted by atomic mass is 9.96. The highest BCUT2D eigenvalue weighted by Gasteiger charge is 2.58. The van der Waals surface area contributed by atoms with E-state index in [1.807, 2.05) is 0 Å². The second-order valence-electron chi connectivity index (χ2n) is 6.76. The number of thiol groups is 1. The molecule has 148 valence electrons. The Morgan fingerprint density at radius 3 is 2.81 bits per heavy atom. The monoisotopic (exact) mass is 410 g/mol. The van der Waals surface area contributed by atoms with Gasteiger partial charge in [-0.05, 0) is 31.1 Å². The highest BCUT2D eigenvalue weighted by molar-refractivity contribution is 7.80. The summed E-state index contributed by atoms with van der Waals surface area (Å²) in [5.74, 6) is 0.305. The predicted octanol–water partition coefficient (Wildman–Crippen LogP) is -1.27. The van der Waals surface area contributed by atoms with Gasteiger partial charge >= 0.3 is 16.4 Å². The number of carbonyl (C=O) groups excluding carboxylic acids is 2. The molecule has 0 aromatic rings. The normalized spacial score (nSPS) is 34.5. The van der Waals surface area contributed by atoms with Gasteiger partial charge in [0.05, 0.1) is 12.6 Å². The van der Waals surface area contributed by atoms with Crippen LogP contribution in [0.15, 0.2) is 0 Å². The van der Waals surface area contributed by atoms with Crippen LogP contribution in [-0.4, -0.2) is 78.1 Å². The van der Waals surface area contributed by atoms with Crippen LogP contribution in [0.25, 0.3) is 0 Å². The van der Waals surface area contributed by atoms with Crippen molar-refractivity contribution in [1.29, 1.82) is 0 Å². The van der Waals surface area contributed by atoms with Crippen molar-refractivity contribution in [3.63, 3.8) is 0 Å². The number of amides is 3. The summed E-state index contributed by atoms with van der Waals surface area (Å²) in [6.45, 7) is 0.970. The molecule has 2 bridgehead atoms.